The van der Waals surface area contributed by atoms with Crippen LogP contribution in [0.25, 0.3) is 0 Å². The molecule has 2 aliphatic rings. The molecule has 31 heavy (non-hydrogen) atoms. The number of hydrogen-bond acceptors (Lipinski definition) is 5. The Balaban J connectivity index is 1.32. The van der Waals surface area contributed by atoms with Crippen LogP contribution in [-0.2, 0) is 14.8 Å². The average molecular weight is 444 g/mol. The van der Waals surface area contributed by atoms with Gasteiger partial charge in [0, 0.05) is 43.5 Å². The Kier molecular flexibility index (Phi) is 6.48. The van der Waals surface area contributed by atoms with Crippen molar-refractivity contribution in [3.8, 4) is 5.75 Å². The molecule has 2 aromatic rings. The van der Waals surface area contributed by atoms with Gasteiger partial charge in [-0.25, -0.2) is 8.42 Å². The van der Waals surface area contributed by atoms with Gasteiger partial charge >= 0.3 is 0 Å². The predicted octanol–water partition coefficient (Wildman–Crippen LogP) is 3.33. The molecule has 0 spiro atoms. The molecular formula is C23H29N3O4S. The minimum Gasteiger partial charge on any atom is -0.497 e. The summed E-state index contributed by atoms with van der Waals surface area (Å²) in [5.41, 5.74) is 1.97. The third-order valence-electron chi connectivity index (χ3n) is 6.13. The zero-order valence-corrected chi connectivity index (χ0v) is 18.6. The molecular weight excluding hydrogens is 414 g/mol. The smallest absolute Gasteiger partial charge is 0.243 e. The second-order valence-corrected chi connectivity index (χ2v) is 10.0. The van der Waals surface area contributed by atoms with E-state index in [9.17, 15) is 13.2 Å². The van der Waals surface area contributed by atoms with Crippen molar-refractivity contribution in [1.82, 2.24) is 4.31 Å². The van der Waals surface area contributed by atoms with Gasteiger partial charge in [-0.1, -0.05) is 0 Å². The van der Waals surface area contributed by atoms with Gasteiger partial charge in [-0.3, -0.25) is 4.79 Å². The summed E-state index contributed by atoms with van der Waals surface area (Å²) in [4.78, 5) is 15.3. The number of sulfonamides is 1. The van der Waals surface area contributed by atoms with Crippen LogP contribution in [0.1, 0.15) is 25.7 Å². The van der Waals surface area contributed by atoms with E-state index >= 15 is 0 Å². The highest BCUT2D eigenvalue weighted by Gasteiger charge is 2.32. The zero-order valence-electron chi connectivity index (χ0n) is 17.8. The Labute approximate surface area is 184 Å². The van der Waals surface area contributed by atoms with Crippen molar-refractivity contribution in [2.45, 2.75) is 30.6 Å². The Morgan fingerprint density at radius 1 is 0.935 bits per heavy atom. The van der Waals surface area contributed by atoms with Crippen LogP contribution in [0.2, 0.25) is 0 Å². The SMILES string of the molecule is COc1ccc(S(=O)(=O)N2CCC(C(=O)Nc3ccc(N4CCCC4)cc3)CC2)cc1. The Bertz CT molecular complexity index is 992. The molecule has 0 aromatic heterocycles. The lowest BCUT2D eigenvalue weighted by molar-refractivity contribution is -0.120. The van der Waals surface area contributed by atoms with Gasteiger partial charge in [-0.15, -0.1) is 0 Å². The van der Waals surface area contributed by atoms with Crippen LogP contribution in [0.5, 0.6) is 5.75 Å². The van der Waals surface area contributed by atoms with Gasteiger partial charge in [0.15, 0.2) is 0 Å². The number of ether oxygens (including phenoxy) is 1. The number of piperidine rings is 1. The standard InChI is InChI=1S/C23H29N3O4S/c1-30-21-8-10-22(11-9-21)31(28,29)26-16-12-18(13-17-26)23(27)24-19-4-6-20(7-5-19)25-14-2-3-15-25/h4-11,18H,2-3,12-17H2,1H3,(H,24,27). The van der Waals surface area contributed by atoms with Crippen LogP contribution in [0, 0.1) is 5.92 Å². The quantitative estimate of drug-likeness (QED) is 0.741. The monoisotopic (exact) mass is 443 g/mol. The van der Waals surface area contributed by atoms with E-state index in [1.807, 2.05) is 24.3 Å². The maximum atomic E-state index is 12.9. The molecule has 2 aromatic carbocycles. The molecule has 0 unspecified atom stereocenters. The number of carbonyl (C=O) groups excluding carboxylic acids is 1. The van der Waals surface area contributed by atoms with Crippen LogP contribution >= 0.6 is 0 Å². The van der Waals surface area contributed by atoms with Crippen molar-refractivity contribution in [1.29, 1.82) is 0 Å². The lowest BCUT2D eigenvalue weighted by Crippen LogP contribution is -2.41. The number of rotatable bonds is 6. The Morgan fingerprint density at radius 3 is 2.13 bits per heavy atom. The number of anilines is 2. The summed E-state index contributed by atoms with van der Waals surface area (Å²) in [6, 6.07) is 14.4. The van der Waals surface area contributed by atoms with Crippen molar-refractivity contribution in [2.24, 2.45) is 5.92 Å². The maximum absolute atomic E-state index is 12.9. The first-order chi connectivity index (χ1) is 15.0. The van der Waals surface area contributed by atoms with E-state index in [2.05, 4.69) is 10.2 Å². The molecule has 4 rings (SSSR count). The molecule has 1 N–H and O–H groups in total. The second-order valence-electron chi connectivity index (χ2n) is 8.08. The van der Waals surface area contributed by atoms with Crippen LogP contribution in [0.3, 0.4) is 0 Å². The summed E-state index contributed by atoms with van der Waals surface area (Å²) in [6.45, 7) is 2.84. The lowest BCUT2D eigenvalue weighted by Gasteiger charge is -2.30. The fourth-order valence-electron chi connectivity index (χ4n) is 4.23. The summed E-state index contributed by atoms with van der Waals surface area (Å²) in [7, 11) is -2.02. The van der Waals surface area contributed by atoms with Gasteiger partial charge in [-0.05, 0) is 74.2 Å². The highest BCUT2D eigenvalue weighted by atomic mass is 32.2. The molecule has 0 aliphatic carbocycles. The Morgan fingerprint density at radius 2 is 1.55 bits per heavy atom. The summed E-state index contributed by atoms with van der Waals surface area (Å²) < 4.78 is 32.3. The summed E-state index contributed by atoms with van der Waals surface area (Å²) in [5.74, 6) is 0.374. The van der Waals surface area contributed by atoms with Gasteiger partial charge in [0.25, 0.3) is 0 Å². The van der Waals surface area contributed by atoms with E-state index in [0.717, 1.165) is 18.8 Å². The molecule has 0 atom stereocenters. The Hall–Kier alpha value is -2.58. The van der Waals surface area contributed by atoms with Crippen molar-refractivity contribution < 1.29 is 17.9 Å². The first kappa shape index (κ1) is 21.6. The largest absolute Gasteiger partial charge is 0.497 e. The number of nitrogens with zero attached hydrogens (tertiary/aromatic N) is 2. The van der Waals surface area contributed by atoms with Crippen molar-refractivity contribution in [2.75, 3.05) is 43.5 Å². The first-order valence-electron chi connectivity index (χ1n) is 10.8. The van der Waals surface area contributed by atoms with Gasteiger partial charge in [0.05, 0.1) is 12.0 Å². The van der Waals surface area contributed by atoms with E-state index in [0.29, 0.717) is 31.7 Å². The molecule has 2 aliphatic heterocycles. The van der Waals surface area contributed by atoms with Gasteiger partial charge < -0.3 is 15.0 Å². The topological polar surface area (TPSA) is 79.0 Å². The molecule has 0 bridgehead atoms. The molecule has 2 heterocycles. The molecule has 0 radical (unpaired) electrons. The molecule has 2 saturated heterocycles. The van der Waals surface area contributed by atoms with E-state index in [-0.39, 0.29) is 16.7 Å². The number of methoxy groups -OCH3 is 1. The minimum absolute atomic E-state index is 0.0459. The summed E-state index contributed by atoms with van der Waals surface area (Å²) in [5, 5.41) is 2.99. The molecule has 0 saturated carbocycles. The van der Waals surface area contributed by atoms with Gasteiger partial charge in [0.2, 0.25) is 15.9 Å². The number of carbonyl (C=O) groups is 1. The van der Waals surface area contributed by atoms with Crippen LogP contribution in [-0.4, -0.2) is 51.9 Å². The van der Waals surface area contributed by atoms with Crippen LogP contribution in [0.15, 0.2) is 53.4 Å². The van der Waals surface area contributed by atoms with Crippen molar-refractivity contribution >= 4 is 27.3 Å². The van der Waals surface area contributed by atoms with Crippen LogP contribution < -0.4 is 15.0 Å². The lowest BCUT2D eigenvalue weighted by atomic mass is 9.97. The van der Waals surface area contributed by atoms with Crippen LogP contribution in [0.4, 0.5) is 11.4 Å². The zero-order chi connectivity index (χ0) is 21.8. The van der Waals surface area contributed by atoms with Crippen molar-refractivity contribution in [3.05, 3.63) is 48.5 Å². The highest BCUT2D eigenvalue weighted by Crippen LogP contribution is 2.27. The van der Waals surface area contributed by atoms with Gasteiger partial charge in [0.1, 0.15) is 5.75 Å². The molecule has 8 heteroatoms. The van der Waals surface area contributed by atoms with E-state index < -0.39 is 10.0 Å². The van der Waals surface area contributed by atoms with E-state index in [1.165, 1.54) is 22.8 Å². The first-order valence-corrected chi connectivity index (χ1v) is 12.2. The molecule has 7 nitrogen and oxygen atoms in total. The highest BCUT2D eigenvalue weighted by molar-refractivity contribution is 7.89. The number of amides is 1. The third-order valence-corrected chi connectivity index (χ3v) is 8.04. The maximum Gasteiger partial charge on any atom is 0.243 e. The second kappa shape index (κ2) is 9.28. The van der Waals surface area contributed by atoms with E-state index in [1.54, 1.807) is 31.4 Å². The summed E-state index contributed by atoms with van der Waals surface area (Å²) in [6.07, 6.45) is 3.47. The molecule has 166 valence electrons. The fraction of sp³-hybridized carbons (Fsp3) is 0.435. The fourth-order valence-corrected chi connectivity index (χ4v) is 5.70. The minimum atomic E-state index is -3.57. The normalized spacial score (nSPS) is 18.2. The molecule has 1 amide bonds. The van der Waals surface area contributed by atoms with Gasteiger partial charge in [-0.2, -0.15) is 4.31 Å². The summed E-state index contributed by atoms with van der Waals surface area (Å²) >= 11 is 0. The molecule has 2 fully saturated rings. The number of hydrogen-bond donors (Lipinski definition) is 1. The van der Waals surface area contributed by atoms with E-state index in [4.69, 9.17) is 4.74 Å². The predicted molar refractivity (Wildman–Crippen MR) is 121 cm³/mol. The number of nitrogens with one attached hydrogen (secondary N) is 1. The van der Waals surface area contributed by atoms with Crippen molar-refractivity contribution in [3.63, 3.8) is 0 Å². The average Bonchev–Trinajstić information content (AvgIpc) is 3.35. The third kappa shape index (κ3) is 4.85. The number of benzene rings is 2.